The van der Waals surface area contributed by atoms with Gasteiger partial charge in [-0.05, 0) is 24.3 Å². The van der Waals surface area contributed by atoms with Gasteiger partial charge in [-0.25, -0.2) is 0 Å². The fourth-order valence-electron chi connectivity index (χ4n) is 2.04. The van der Waals surface area contributed by atoms with Crippen molar-refractivity contribution in [3.05, 3.63) is 64.7 Å². The van der Waals surface area contributed by atoms with Gasteiger partial charge in [0.1, 0.15) is 18.5 Å². The highest BCUT2D eigenvalue weighted by Crippen LogP contribution is 2.17. The van der Waals surface area contributed by atoms with Gasteiger partial charge >= 0.3 is 0 Å². The molecule has 0 saturated heterocycles. The first-order valence-electron chi connectivity index (χ1n) is 7.70. The molecule has 0 aliphatic rings. The quantitative estimate of drug-likeness (QED) is 0.350. The Morgan fingerprint density at radius 2 is 1.79 bits per heavy atom. The van der Waals surface area contributed by atoms with E-state index >= 15 is 0 Å². The summed E-state index contributed by atoms with van der Waals surface area (Å²) in [5.41, 5.74) is 1.07. The van der Waals surface area contributed by atoms with Gasteiger partial charge in [0.2, 0.25) is 0 Å². The van der Waals surface area contributed by atoms with Crippen molar-refractivity contribution in [3.63, 3.8) is 0 Å². The smallest absolute Gasteiger partial charge is 0.269 e. The minimum absolute atomic E-state index is 0.00970. The highest BCUT2D eigenvalue weighted by Gasteiger charge is 2.07. The minimum Gasteiger partial charge on any atom is -0.491 e. The summed E-state index contributed by atoms with van der Waals surface area (Å²) < 4.78 is 5.40. The number of nitrogens with zero attached hydrogens (tertiary/aromatic N) is 1. The number of nitro benzene ring substituents is 1. The first kappa shape index (κ1) is 17.7. The molecule has 2 aromatic rings. The number of rotatable bonds is 10. The highest BCUT2D eigenvalue weighted by atomic mass is 16.6. The van der Waals surface area contributed by atoms with Gasteiger partial charge in [-0.1, -0.05) is 18.2 Å². The van der Waals surface area contributed by atoms with Crippen LogP contribution in [0.5, 0.6) is 5.75 Å². The summed E-state index contributed by atoms with van der Waals surface area (Å²) >= 11 is 0. The number of hydrogen-bond donors (Lipinski definition) is 3. The third-order valence-electron chi connectivity index (χ3n) is 3.27. The lowest BCUT2D eigenvalue weighted by molar-refractivity contribution is -0.384. The van der Waals surface area contributed by atoms with Crippen molar-refractivity contribution in [2.75, 3.05) is 31.6 Å². The third-order valence-corrected chi connectivity index (χ3v) is 3.27. The number of hydrogen-bond acceptors (Lipinski definition) is 6. The van der Waals surface area contributed by atoms with Gasteiger partial charge in [0.25, 0.3) is 5.69 Å². The molecule has 0 spiro atoms. The van der Waals surface area contributed by atoms with E-state index in [1.54, 1.807) is 0 Å². The van der Waals surface area contributed by atoms with Crippen molar-refractivity contribution < 1.29 is 14.8 Å². The van der Waals surface area contributed by atoms with Gasteiger partial charge in [0.05, 0.1) is 4.92 Å². The molecular weight excluding hydrogens is 310 g/mol. The normalized spacial score (nSPS) is 11.7. The largest absolute Gasteiger partial charge is 0.491 e. The second-order valence-corrected chi connectivity index (χ2v) is 5.21. The molecule has 1 unspecified atom stereocenters. The van der Waals surface area contributed by atoms with Crippen molar-refractivity contribution in [3.8, 4) is 5.75 Å². The van der Waals surface area contributed by atoms with Crippen LogP contribution in [-0.4, -0.2) is 42.4 Å². The molecule has 2 aromatic carbocycles. The maximum absolute atomic E-state index is 10.6. The number of ether oxygens (including phenoxy) is 1. The van der Waals surface area contributed by atoms with E-state index < -0.39 is 11.0 Å². The molecule has 0 amide bonds. The topological polar surface area (TPSA) is 96.7 Å². The second-order valence-electron chi connectivity index (χ2n) is 5.21. The van der Waals surface area contributed by atoms with Crippen molar-refractivity contribution in [2.45, 2.75) is 6.10 Å². The van der Waals surface area contributed by atoms with Crippen LogP contribution in [0, 0.1) is 10.1 Å². The zero-order valence-electron chi connectivity index (χ0n) is 13.2. The van der Waals surface area contributed by atoms with E-state index in [2.05, 4.69) is 10.6 Å². The molecule has 0 bridgehead atoms. The van der Waals surface area contributed by atoms with Gasteiger partial charge in [-0.15, -0.1) is 0 Å². The predicted octanol–water partition coefficient (Wildman–Crippen LogP) is 2.04. The molecule has 0 aliphatic heterocycles. The standard InChI is InChI=1S/C17H21N3O4/c21-16(12-18-10-11-19-14-4-2-1-3-5-14)13-24-17-8-6-15(7-9-17)20(22)23/h1-9,16,18-19,21H,10-13H2. The SMILES string of the molecule is O=[N+]([O-])c1ccc(OCC(O)CNCCNc2ccccc2)cc1. The zero-order chi connectivity index (χ0) is 17.2. The molecule has 1 atom stereocenters. The summed E-state index contributed by atoms with van der Waals surface area (Å²) in [5, 5.41) is 26.8. The van der Waals surface area contributed by atoms with Crippen LogP contribution in [0.1, 0.15) is 0 Å². The molecule has 0 fully saturated rings. The van der Waals surface area contributed by atoms with Crippen LogP contribution >= 0.6 is 0 Å². The maximum atomic E-state index is 10.6. The van der Waals surface area contributed by atoms with Crippen molar-refractivity contribution in [1.82, 2.24) is 5.32 Å². The summed E-state index contributed by atoms with van der Waals surface area (Å²) in [4.78, 5) is 10.1. The highest BCUT2D eigenvalue weighted by molar-refractivity contribution is 5.42. The van der Waals surface area contributed by atoms with E-state index in [1.165, 1.54) is 24.3 Å². The number of aliphatic hydroxyl groups is 1. The molecule has 24 heavy (non-hydrogen) atoms. The minimum atomic E-state index is -0.656. The van der Waals surface area contributed by atoms with Gasteiger partial charge in [0.15, 0.2) is 0 Å². The molecule has 7 nitrogen and oxygen atoms in total. The fraction of sp³-hybridized carbons (Fsp3) is 0.294. The number of aliphatic hydroxyl groups excluding tert-OH is 1. The van der Waals surface area contributed by atoms with Crippen molar-refractivity contribution in [1.29, 1.82) is 0 Å². The Labute approximate surface area is 140 Å². The summed E-state index contributed by atoms with van der Waals surface area (Å²) in [6.07, 6.45) is -0.656. The molecule has 128 valence electrons. The van der Waals surface area contributed by atoms with E-state index in [0.29, 0.717) is 18.8 Å². The molecule has 0 radical (unpaired) electrons. The van der Waals surface area contributed by atoms with Gasteiger partial charge < -0.3 is 20.5 Å². The fourth-order valence-corrected chi connectivity index (χ4v) is 2.04. The molecular formula is C17H21N3O4. The molecule has 0 saturated carbocycles. The maximum Gasteiger partial charge on any atom is 0.269 e. The first-order chi connectivity index (χ1) is 11.6. The number of benzene rings is 2. The van der Waals surface area contributed by atoms with Crippen LogP contribution in [0.25, 0.3) is 0 Å². The van der Waals surface area contributed by atoms with Crippen LogP contribution in [-0.2, 0) is 0 Å². The Balaban J connectivity index is 1.58. The van der Waals surface area contributed by atoms with Gasteiger partial charge in [-0.2, -0.15) is 0 Å². The third kappa shape index (κ3) is 6.23. The van der Waals surface area contributed by atoms with E-state index in [-0.39, 0.29) is 12.3 Å². The summed E-state index contributed by atoms with van der Waals surface area (Å²) in [5.74, 6) is 0.491. The first-order valence-corrected chi connectivity index (χ1v) is 7.70. The van der Waals surface area contributed by atoms with Crippen LogP contribution in [0.3, 0.4) is 0 Å². The Kier molecular flexibility index (Phi) is 7.00. The van der Waals surface area contributed by atoms with Crippen molar-refractivity contribution in [2.24, 2.45) is 0 Å². The lowest BCUT2D eigenvalue weighted by atomic mass is 10.3. The summed E-state index contributed by atoms with van der Waals surface area (Å²) in [6.45, 7) is 1.99. The second kappa shape index (κ2) is 9.49. The molecule has 0 aromatic heterocycles. The van der Waals surface area contributed by atoms with Crippen LogP contribution < -0.4 is 15.4 Å². The van der Waals surface area contributed by atoms with Crippen LogP contribution in [0.15, 0.2) is 54.6 Å². The lowest BCUT2D eigenvalue weighted by Crippen LogP contribution is -2.34. The Hall–Kier alpha value is -2.64. The molecule has 0 heterocycles. The average molecular weight is 331 g/mol. The number of non-ortho nitro benzene ring substituents is 1. The average Bonchev–Trinajstić information content (AvgIpc) is 2.61. The number of anilines is 1. The lowest BCUT2D eigenvalue weighted by Gasteiger charge is -2.13. The Morgan fingerprint density at radius 3 is 2.46 bits per heavy atom. The van der Waals surface area contributed by atoms with Gasteiger partial charge in [0, 0.05) is 37.5 Å². The summed E-state index contributed by atoms with van der Waals surface area (Å²) in [6, 6.07) is 15.7. The number of para-hydroxylation sites is 1. The predicted molar refractivity (Wildman–Crippen MR) is 92.4 cm³/mol. The molecule has 0 aliphatic carbocycles. The molecule has 3 N–H and O–H groups in total. The van der Waals surface area contributed by atoms with Gasteiger partial charge in [-0.3, -0.25) is 10.1 Å². The van der Waals surface area contributed by atoms with E-state index in [4.69, 9.17) is 4.74 Å². The Bertz CT molecular complexity index is 619. The zero-order valence-corrected chi connectivity index (χ0v) is 13.2. The van der Waals surface area contributed by atoms with Crippen LogP contribution in [0.4, 0.5) is 11.4 Å². The Morgan fingerprint density at radius 1 is 1.08 bits per heavy atom. The monoisotopic (exact) mass is 331 g/mol. The van der Waals surface area contributed by atoms with E-state index in [9.17, 15) is 15.2 Å². The van der Waals surface area contributed by atoms with E-state index in [1.807, 2.05) is 30.3 Å². The number of nitro groups is 1. The number of nitrogens with one attached hydrogen (secondary N) is 2. The summed E-state index contributed by atoms with van der Waals surface area (Å²) in [7, 11) is 0. The van der Waals surface area contributed by atoms with E-state index in [0.717, 1.165) is 12.2 Å². The van der Waals surface area contributed by atoms with Crippen molar-refractivity contribution >= 4 is 11.4 Å². The molecule has 7 heteroatoms. The van der Waals surface area contributed by atoms with Crippen LogP contribution in [0.2, 0.25) is 0 Å². The molecule has 2 rings (SSSR count).